The van der Waals surface area contributed by atoms with Crippen LogP contribution in [0, 0.1) is 0 Å². The summed E-state index contributed by atoms with van der Waals surface area (Å²) in [5.74, 6) is 0.314. The van der Waals surface area contributed by atoms with E-state index in [1.54, 1.807) is 12.5 Å². The molecule has 6 heteroatoms. The zero-order valence-corrected chi connectivity index (χ0v) is 13.0. The van der Waals surface area contributed by atoms with Crippen molar-refractivity contribution in [1.29, 1.82) is 0 Å². The molecule has 2 amide bonds. The summed E-state index contributed by atoms with van der Waals surface area (Å²) in [5.41, 5.74) is 2.20. The molecule has 1 saturated heterocycles. The van der Waals surface area contributed by atoms with Crippen molar-refractivity contribution >= 4 is 6.03 Å². The van der Waals surface area contributed by atoms with Gasteiger partial charge >= 0.3 is 6.03 Å². The van der Waals surface area contributed by atoms with Crippen LogP contribution in [0.15, 0.2) is 43.2 Å². The molecule has 2 aromatic heterocycles. The van der Waals surface area contributed by atoms with Gasteiger partial charge in [-0.15, -0.1) is 0 Å². The second-order valence-electron chi connectivity index (χ2n) is 6.30. The van der Waals surface area contributed by atoms with Crippen molar-refractivity contribution in [1.82, 2.24) is 24.8 Å². The zero-order valence-electron chi connectivity index (χ0n) is 13.0. The molecule has 0 bridgehead atoms. The van der Waals surface area contributed by atoms with Gasteiger partial charge in [0.2, 0.25) is 0 Å². The molecule has 0 N–H and O–H groups in total. The summed E-state index contributed by atoms with van der Waals surface area (Å²) < 4.78 is 0. The lowest BCUT2D eigenvalue weighted by atomic mass is 9.95. The number of carbonyl (C=O) groups is 1. The van der Waals surface area contributed by atoms with E-state index < -0.39 is 0 Å². The van der Waals surface area contributed by atoms with Gasteiger partial charge in [-0.1, -0.05) is 6.07 Å². The van der Waals surface area contributed by atoms with E-state index in [0.717, 1.165) is 24.0 Å². The van der Waals surface area contributed by atoms with Crippen LogP contribution in [0.3, 0.4) is 0 Å². The predicted octanol–water partition coefficient (Wildman–Crippen LogP) is 2.05. The molecule has 23 heavy (non-hydrogen) atoms. The van der Waals surface area contributed by atoms with Gasteiger partial charge in [-0.05, 0) is 30.0 Å². The van der Waals surface area contributed by atoms with Crippen LogP contribution in [0.4, 0.5) is 4.79 Å². The Bertz CT molecular complexity index is 693. The number of hydrogen-bond acceptors (Lipinski definition) is 4. The SMILES string of the molecule is CN1C(=O)N(Cc2cccnc2)[C@H]2CC[C@@H](c3cncnc3)[C@H]21. The number of nitrogens with zero attached hydrogens (tertiary/aromatic N) is 5. The monoisotopic (exact) mass is 309 g/mol. The molecule has 6 nitrogen and oxygen atoms in total. The fourth-order valence-electron chi connectivity index (χ4n) is 4.04. The van der Waals surface area contributed by atoms with Crippen LogP contribution in [0.25, 0.3) is 0 Å². The molecule has 1 aliphatic carbocycles. The summed E-state index contributed by atoms with van der Waals surface area (Å²) in [6.07, 6.45) is 11.0. The number of pyridine rings is 1. The zero-order chi connectivity index (χ0) is 15.8. The third-order valence-corrected chi connectivity index (χ3v) is 5.06. The summed E-state index contributed by atoms with van der Waals surface area (Å²) in [7, 11) is 1.91. The molecule has 2 aromatic rings. The summed E-state index contributed by atoms with van der Waals surface area (Å²) in [6, 6.07) is 4.48. The Balaban J connectivity index is 1.60. The van der Waals surface area contributed by atoms with Gasteiger partial charge in [-0.25, -0.2) is 14.8 Å². The lowest BCUT2D eigenvalue weighted by Gasteiger charge is -2.24. The number of rotatable bonds is 3. The Hall–Kier alpha value is -2.50. The quantitative estimate of drug-likeness (QED) is 0.870. The van der Waals surface area contributed by atoms with Gasteiger partial charge in [0.25, 0.3) is 0 Å². The Morgan fingerprint density at radius 2 is 2.00 bits per heavy atom. The number of likely N-dealkylation sites (N-methyl/N-ethyl adjacent to an activating group) is 1. The van der Waals surface area contributed by atoms with Crippen molar-refractivity contribution in [3.63, 3.8) is 0 Å². The number of fused-ring (bicyclic) bond motifs is 1. The molecule has 3 heterocycles. The van der Waals surface area contributed by atoms with E-state index in [-0.39, 0.29) is 18.1 Å². The smallest absolute Gasteiger partial charge is 0.320 e. The molecular formula is C17H19N5O. The van der Waals surface area contributed by atoms with Crippen LogP contribution in [0.5, 0.6) is 0 Å². The minimum Gasteiger partial charge on any atom is -0.322 e. The predicted molar refractivity (Wildman–Crippen MR) is 84.5 cm³/mol. The number of amides is 2. The minimum absolute atomic E-state index is 0.102. The molecule has 2 aliphatic rings. The first-order chi connectivity index (χ1) is 11.3. The van der Waals surface area contributed by atoms with E-state index in [4.69, 9.17) is 0 Å². The highest BCUT2D eigenvalue weighted by atomic mass is 16.2. The first-order valence-electron chi connectivity index (χ1n) is 7.93. The van der Waals surface area contributed by atoms with Crippen LogP contribution < -0.4 is 0 Å². The lowest BCUT2D eigenvalue weighted by molar-refractivity contribution is 0.184. The molecule has 0 aromatic carbocycles. The van der Waals surface area contributed by atoms with Crippen LogP contribution >= 0.6 is 0 Å². The number of hydrogen-bond donors (Lipinski definition) is 0. The van der Waals surface area contributed by atoms with E-state index in [1.807, 2.05) is 47.6 Å². The van der Waals surface area contributed by atoms with Crippen molar-refractivity contribution in [2.75, 3.05) is 7.05 Å². The first kappa shape index (κ1) is 14.1. The van der Waals surface area contributed by atoms with Crippen molar-refractivity contribution in [3.8, 4) is 0 Å². The van der Waals surface area contributed by atoms with Gasteiger partial charge in [0.15, 0.2) is 0 Å². The van der Waals surface area contributed by atoms with Gasteiger partial charge in [0, 0.05) is 44.3 Å². The Kier molecular flexibility index (Phi) is 3.44. The van der Waals surface area contributed by atoms with Gasteiger partial charge < -0.3 is 9.80 Å². The Morgan fingerprint density at radius 1 is 1.17 bits per heavy atom. The minimum atomic E-state index is 0.102. The molecule has 2 fully saturated rings. The topological polar surface area (TPSA) is 62.2 Å². The fourth-order valence-corrected chi connectivity index (χ4v) is 4.04. The van der Waals surface area contributed by atoms with Crippen molar-refractivity contribution in [3.05, 3.63) is 54.4 Å². The molecule has 1 saturated carbocycles. The van der Waals surface area contributed by atoms with Crippen LogP contribution in [-0.4, -0.2) is 49.9 Å². The highest BCUT2D eigenvalue weighted by molar-refractivity contribution is 5.78. The third-order valence-electron chi connectivity index (χ3n) is 5.06. The van der Waals surface area contributed by atoms with E-state index in [9.17, 15) is 4.79 Å². The second-order valence-corrected chi connectivity index (χ2v) is 6.30. The van der Waals surface area contributed by atoms with Crippen molar-refractivity contribution < 1.29 is 4.79 Å². The standard InChI is InChI=1S/C17H19N5O/c1-21-16-14(13-8-19-11-20-9-13)4-5-15(16)22(17(21)23)10-12-3-2-6-18-7-12/h2-3,6-9,11,14-16H,4-5,10H2,1H3/t14-,15-,16+/m0/s1. The molecule has 0 radical (unpaired) electrons. The Labute approximate surface area is 135 Å². The van der Waals surface area contributed by atoms with Crippen molar-refractivity contribution in [2.24, 2.45) is 0 Å². The maximum absolute atomic E-state index is 12.7. The number of carbonyl (C=O) groups excluding carboxylic acids is 1. The van der Waals surface area contributed by atoms with E-state index in [2.05, 4.69) is 15.0 Å². The molecule has 0 unspecified atom stereocenters. The average molecular weight is 309 g/mol. The maximum Gasteiger partial charge on any atom is 0.320 e. The molecule has 4 rings (SSSR count). The summed E-state index contributed by atoms with van der Waals surface area (Å²) >= 11 is 0. The lowest BCUT2D eigenvalue weighted by Crippen LogP contribution is -2.34. The highest BCUT2D eigenvalue weighted by Gasteiger charge is 2.51. The van der Waals surface area contributed by atoms with E-state index >= 15 is 0 Å². The molecule has 0 spiro atoms. The Morgan fingerprint density at radius 3 is 2.74 bits per heavy atom. The largest absolute Gasteiger partial charge is 0.322 e. The molecule has 118 valence electrons. The normalized spacial score (nSPS) is 26.7. The highest BCUT2D eigenvalue weighted by Crippen LogP contribution is 2.44. The average Bonchev–Trinajstić information content (AvgIpc) is 3.13. The maximum atomic E-state index is 12.7. The first-order valence-corrected chi connectivity index (χ1v) is 7.93. The molecule has 1 aliphatic heterocycles. The third kappa shape index (κ3) is 2.34. The van der Waals surface area contributed by atoms with E-state index in [0.29, 0.717) is 12.5 Å². The molecular weight excluding hydrogens is 290 g/mol. The van der Waals surface area contributed by atoms with Crippen LogP contribution in [0.2, 0.25) is 0 Å². The second kappa shape index (κ2) is 5.61. The van der Waals surface area contributed by atoms with Crippen LogP contribution in [-0.2, 0) is 6.54 Å². The van der Waals surface area contributed by atoms with Crippen LogP contribution in [0.1, 0.15) is 29.9 Å². The number of aromatic nitrogens is 3. The van der Waals surface area contributed by atoms with Gasteiger partial charge in [-0.3, -0.25) is 4.98 Å². The van der Waals surface area contributed by atoms with Gasteiger partial charge in [0.05, 0.1) is 12.1 Å². The van der Waals surface area contributed by atoms with Gasteiger partial charge in [-0.2, -0.15) is 0 Å². The van der Waals surface area contributed by atoms with E-state index in [1.165, 1.54) is 0 Å². The summed E-state index contributed by atoms with van der Waals surface area (Å²) in [4.78, 5) is 29.0. The number of urea groups is 1. The van der Waals surface area contributed by atoms with Gasteiger partial charge in [0.1, 0.15) is 6.33 Å². The fraction of sp³-hybridized carbons (Fsp3) is 0.412. The molecule has 3 atom stereocenters. The summed E-state index contributed by atoms with van der Waals surface area (Å²) in [6.45, 7) is 0.621. The summed E-state index contributed by atoms with van der Waals surface area (Å²) in [5, 5.41) is 0. The van der Waals surface area contributed by atoms with Crippen molar-refractivity contribution in [2.45, 2.75) is 37.4 Å².